The molecule has 5 nitrogen and oxygen atoms in total. The predicted octanol–water partition coefficient (Wildman–Crippen LogP) is 5.56. The summed E-state index contributed by atoms with van der Waals surface area (Å²) >= 11 is 0. The lowest BCUT2D eigenvalue weighted by Gasteiger charge is -2.62. The second-order valence-corrected chi connectivity index (χ2v) is 11.1. The van der Waals surface area contributed by atoms with Crippen molar-refractivity contribution in [2.75, 3.05) is 19.8 Å². The van der Waals surface area contributed by atoms with Gasteiger partial charge in [0.2, 0.25) is 0 Å². The van der Waals surface area contributed by atoms with E-state index in [4.69, 9.17) is 4.74 Å². The number of carbonyl (C=O) groups excluding carboxylic acids is 1. The highest BCUT2D eigenvalue weighted by Crippen LogP contribution is 2.48. The number of amides is 1. The molecule has 34 heavy (non-hydrogen) atoms. The summed E-state index contributed by atoms with van der Waals surface area (Å²) in [4.78, 5) is 17.8. The van der Waals surface area contributed by atoms with Crippen LogP contribution in [0.15, 0.2) is 60.7 Å². The van der Waals surface area contributed by atoms with Gasteiger partial charge in [0.15, 0.2) is 0 Å². The van der Waals surface area contributed by atoms with E-state index in [9.17, 15) is 4.79 Å². The summed E-state index contributed by atoms with van der Waals surface area (Å²) in [5.41, 5.74) is 2.35. The lowest BCUT2D eigenvalue weighted by molar-refractivity contribution is -0.100. The number of hydrogen-bond acceptors (Lipinski definition) is 4. The first-order valence-corrected chi connectivity index (χ1v) is 12.8. The Morgan fingerprint density at radius 2 is 1.79 bits per heavy atom. The Kier molecular flexibility index (Phi) is 7.63. The van der Waals surface area contributed by atoms with Crippen LogP contribution in [0.25, 0.3) is 0 Å². The van der Waals surface area contributed by atoms with Gasteiger partial charge in [0.05, 0.1) is 6.67 Å². The quantitative estimate of drug-likeness (QED) is 0.557. The van der Waals surface area contributed by atoms with Crippen molar-refractivity contribution in [2.45, 2.75) is 83.0 Å². The van der Waals surface area contributed by atoms with Gasteiger partial charge in [-0.05, 0) is 51.2 Å². The molecule has 0 aromatic heterocycles. The standard InChI is InChI=1S/C29H41N3O2/c1-5-12-25(30-27(33)34-28(2,3)4)19-29(24-15-10-7-11-16-24)21-32-22-31(18-17-26(29)32)20-23-13-8-6-9-14-23/h6-11,13-16,25-26H,5,12,17-22H2,1-4H3,(H,30,33). The number of nitrogens with one attached hydrogen (secondary N) is 1. The average molecular weight is 464 g/mol. The molecule has 0 bridgehead atoms. The molecular formula is C29H41N3O2. The molecule has 3 unspecified atom stereocenters. The van der Waals surface area contributed by atoms with E-state index in [1.165, 1.54) is 11.1 Å². The zero-order chi connectivity index (χ0) is 24.2. The van der Waals surface area contributed by atoms with E-state index in [0.29, 0.717) is 6.04 Å². The normalized spacial score (nSPS) is 24.1. The van der Waals surface area contributed by atoms with E-state index in [2.05, 4.69) is 82.7 Å². The molecule has 0 saturated carbocycles. The summed E-state index contributed by atoms with van der Waals surface area (Å²) in [6, 6.07) is 22.3. The molecule has 0 spiro atoms. The van der Waals surface area contributed by atoms with Crippen LogP contribution in [0.5, 0.6) is 0 Å². The largest absolute Gasteiger partial charge is 0.444 e. The lowest BCUT2D eigenvalue weighted by Crippen LogP contribution is -2.72. The molecule has 184 valence electrons. The van der Waals surface area contributed by atoms with E-state index < -0.39 is 5.60 Å². The Bertz CT molecular complexity index is 927. The second kappa shape index (κ2) is 10.5. The zero-order valence-corrected chi connectivity index (χ0v) is 21.3. The molecule has 1 N–H and O–H groups in total. The first kappa shape index (κ1) is 24.7. The predicted molar refractivity (Wildman–Crippen MR) is 138 cm³/mol. The highest BCUT2D eigenvalue weighted by atomic mass is 16.6. The van der Waals surface area contributed by atoms with E-state index >= 15 is 0 Å². The highest BCUT2D eigenvalue weighted by Gasteiger charge is 2.55. The van der Waals surface area contributed by atoms with Crippen molar-refractivity contribution in [3.8, 4) is 0 Å². The number of fused-ring (bicyclic) bond motifs is 1. The molecule has 3 atom stereocenters. The smallest absolute Gasteiger partial charge is 0.407 e. The molecule has 5 heteroatoms. The highest BCUT2D eigenvalue weighted by molar-refractivity contribution is 5.68. The Morgan fingerprint density at radius 3 is 2.41 bits per heavy atom. The summed E-state index contributed by atoms with van der Waals surface area (Å²) in [7, 11) is 0. The molecule has 1 amide bonds. The number of benzene rings is 2. The van der Waals surface area contributed by atoms with Gasteiger partial charge < -0.3 is 10.1 Å². The third kappa shape index (κ3) is 5.81. The zero-order valence-electron chi connectivity index (χ0n) is 21.3. The van der Waals surface area contributed by atoms with E-state index in [0.717, 1.165) is 52.0 Å². The van der Waals surface area contributed by atoms with Gasteiger partial charge in [-0.15, -0.1) is 0 Å². The summed E-state index contributed by atoms with van der Waals surface area (Å²) in [6.07, 6.45) is 3.78. The third-order valence-electron chi connectivity index (χ3n) is 7.23. The van der Waals surface area contributed by atoms with Crippen molar-refractivity contribution in [3.05, 3.63) is 71.8 Å². The van der Waals surface area contributed by atoms with Crippen molar-refractivity contribution in [1.82, 2.24) is 15.1 Å². The van der Waals surface area contributed by atoms with Gasteiger partial charge in [-0.25, -0.2) is 4.79 Å². The van der Waals surface area contributed by atoms with Crippen molar-refractivity contribution >= 4 is 6.09 Å². The number of ether oxygens (including phenoxy) is 1. The number of nitrogens with zero attached hydrogens (tertiary/aromatic N) is 2. The Morgan fingerprint density at radius 1 is 1.12 bits per heavy atom. The molecule has 0 radical (unpaired) electrons. The van der Waals surface area contributed by atoms with Crippen molar-refractivity contribution < 1.29 is 9.53 Å². The van der Waals surface area contributed by atoms with Crippen LogP contribution in [-0.2, 0) is 16.7 Å². The van der Waals surface area contributed by atoms with Gasteiger partial charge in [0.25, 0.3) is 0 Å². The molecule has 2 fully saturated rings. The minimum atomic E-state index is -0.489. The van der Waals surface area contributed by atoms with Crippen LogP contribution in [0.2, 0.25) is 0 Å². The first-order chi connectivity index (χ1) is 16.3. The van der Waals surface area contributed by atoms with E-state index in [1.54, 1.807) is 0 Å². The van der Waals surface area contributed by atoms with Gasteiger partial charge in [-0.3, -0.25) is 9.80 Å². The lowest BCUT2D eigenvalue weighted by atomic mass is 9.61. The Hall–Kier alpha value is -2.37. The fourth-order valence-corrected chi connectivity index (χ4v) is 5.89. The number of carbonyl (C=O) groups is 1. The van der Waals surface area contributed by atoms with Crippen LogP contribution in [0.3, 0.4) is 0 Å². The summed E-state index contributed by atoms with van der Waals surface area (Å²) in [5.74, 6) is 0. The molecule has 0 aliphatic carbocycles. The maximum Gasteiger partial charge on any atom is 0.407 e. The summed E-state index contributed by atoms with van der Waals surface area (Å²) in [6.45, 7) is 12.1. The molecule has 4 rings (SSSR count). The summed E-state index contributed by atoms with van der Waals surface area (Å²) < 4.78 is 5.60. The van der Waals surface area contributed by atoms with Crippen LogP contribution in [0, 0.1) is 0 Å². The van der Waals surface area contributed by atoms with Crippen molar-refractivity contribution in [1.29, 1.82) is 0 Å². The second-order valence-electron chi connectivity index (χ2n) is 11.1. The van der Waals surface area contributed by atoms with Crippen LogP contribution in [0.1, 0.15) is 64.5 Å². The molecule has 2 aliphatic heterocycles. The molecule has 2 saturated heterocycles. The molecular weight excluding hydrogens is 422 g/mol. The van der Waals surface area contributed by atoms with Crippen LogP contribution in [0.4, 0.5) is 4.79 Å². The molecule has 2 heterocycles. The number of rotatable bonds is 8. The monoisotopic (exact) mass is 463 g/mol. The van der Waals surface area contributed by atoms with Gasteiger partial charge >= 0.3 is 6.09 Å². The van der Waals surface area contributed by atoms with Crippen molar-refractivity contribution in [2.24, 2.45) is 0 Å². The average Bonchev–Trinajstić information content (AvgIpc) is 2.77. The minimum Gasteiger partial charge on any atom is -0.444 e. The van der Waals surface area contributed by atoms with E-state index in [1.807, 2.05) is 20.8 Å². The fraction of sp³-hybridized carbons (Fsp3) is 0.552. The van der Waals surface area contributed by atoms with Gasteiger partial charge in [-0.2, -0.15) is 0 Å². The first-order valence-electron chi connectivity index (χ1n) is 12.8. The minimum absolute atomic E-state index is 0.0644. The Balaban J connectivity index is 1.48. The fourth-order valence-electron chi connectivity index (χ4n) is 5.89. The molecule has 2 aromatic carbocycles. The van der Waals surface area contributed by atoms with Gasteiger partial charge in [-0.1, -0.05) is 74.0 Å². The molecule has 2 aliphatic rings. The Labute approximate surface area is 205 Å². The van der Waals surface area contributed by atoms with Crippen LogP contribution in [-0.4, -0.2) is 53.3 Å². The maximum absolute atomic E-state index is 12.6. The molecule has 2 aromatic rings. The maximum atomic E-state index is 12.6. The summed E-state index contributed by atoms with van der Waals surface area (Å²) in [5, 5.41) is 3.22. The van der Waals surface area contributed by atoms with Crippen LogP contribution >= 0.6 is 0 Å². The van der Waals surface area contributed by atoms with Crippen LogP contribution < -0.4 is 5.32 Å². The third-order valence-corrected chi connectivity index (χ3v) is 7.23. The van der Waals surface area contributed by atoms with Gasteiger partial charge in [0, 0.05) is 37.1 Å². The van der Waals surface area contributed by atoms with Gasteiger partial charge in [0.1, 0.15) is 5.60 Å². The number of alkyl carbamates (subject to hydrolysis) is 1. The van der Waals surface area contributed by atoms with E-state index in [-0.39, 0.29) is 17.6 Å². The topological polar surface area (TPSA) is 44.8 Å². The SMILES string of the molecule is CCCC(CC1(c2ccccc2)CN2CN(Cc3ccccc3)CCC21)NC(=O)OC(C)(C)C. The van der Waals surface area contributed by atoms with Crippen molar-refractivity contribution in [3.63, 3.8) is 0 Å². The number of hydrogen-bond donors (Lipinski definition) is 1.